The summed E-state index contributed by atoms with van der Waals surface area (Å²) in [5.41, 5.74) is 6.11. The maximum absolute atomic E-state index is 6.14. The van der Waals surface area contributed by atoms with E-state index in [9.17, 15) is 0 Å². The van der Waals surface area contributed by atoms with Gasteiger partial charge in [-0.25, -0.2) is 0 Å². The molecule has 0 amide bonds. The number of rotatable bonds is 4. The molecule has 0 aromatic rings. The van der Waals surface area contributed by atoms with Gasteiger partial charge in [0.2, 0.25) is 0 Å². The van der Waals surface area contributed by atoms with Crippen LogP contribution in [0.1, 0.15) is 33.1 Å². The molecule has 1 saturated heterocycles. The fourth-order valence-electron chi connectivity index (χ4n) is 1.93. The summed E-state index contributed by atoms with van der Waals surface area (Å²) in [4.78, 5) is 2.46. The van der Waals surface area contributed by atoms with Crippen LogP contribution in [0.2, 0.25) is 0 Å². The SMILES string of the molecule is CCC(C)(N)CN1CCC(OC)CC1. The summed E-state index contributed by atoms with van der Waals surface area (Å²) in [6.45, 7) is 7.56. The fraction of sp³-hybridized carbons (Fsp3) is 1.00. The number of nitrogens with two attached hydrogens (primary N) is 1. The molecule has 0 spiro atoms. The van der Waals surface area contributed by atoms with Crippen LogP contribution in [0.5, 0.6) is 0 Å². The van der Waals surface area contributed by atoms with Gasteiger partial charge in [0, 0.05) is 32.3 Å². The highest BCUT2D eigenvalue weighted by Crippen LogP contribution is 2.16. The highest BCUT2D eigenvalue weighted by molar-refractivity contribution is 4.83. The second kappa shape index (κ2) is 5.10. The maximum atomic E-state index is 6.14. The first-order valence-corrected chi connectivity index (χ1v) is 5.61. The fourth-order valence-corrected chi connectivity index (χ4v) is 1.93. The lowest BCUT2D eigenvalue weighted by atomic mass is 9.98. The molecule has 0 saturated carbocycles. The Bertz CT molecular complexity index is 163. The molecule has 0 aromatic heterocycles. The zero-order valence-corrected chi connectivity index (χ0v) is 9.75. The highest BCUT2D eigenvalue weighted by Gasteiger charge is 2.24. The molecule has 1 unspecified atom stereocenters. The van der Waals surface area contributed by atoms with E-state index >= 15 is 0 Å². The van der Waals surface area contributed by atoms with E-state index in [2.05, 4.69) is 18.7 Å². The first-order chi connectivity index (χ1) is 6.57. The molecule has 1 heterocycles. The Morgan fingerprint density at radius 1 is 1.43 bits per heavy atom. The molecule has 3 nitrogen and oxygen atoms in total. The summed E-state index contributed by atoms with van der Waals surface area (Å²) in [6.07, 6.45) is 3.81. The predicted octanol–water partition coefficient (Wildman–Crippen LogP) is 1.22. The third kappa shape index (κ3) is 3.56. The van der Waals surface area contributed by atoms with Gasteiger partial charge >= 0.3 is 0 Å². The van der Waals surface area contributed by atoms with E-state index in [1.54, 1.807) is 7.11 Å². The van der Waals surface area contributed by atoms with Crippen molar-refractivity contribution in [2.45, 2.75) is 44.8 Å². The number of methoxy groups -OCH3 is 1. The van der Waals surface area contributed by atoms with Gasteiger partial charge in [-0.15, -0.1) is 0 Å². The summed E-state index contributed by atoms with van der Waals surface area (Å²) in [7, 11) is 1.80. The van der Waals surface area contributed by atoms with Crippen LogP contribution in [0.15, 0.2) is 0 Å². The molecule has 0 aliphatic carbocycles. The van der Waals surface area contributed by atoms with Crippen LogP contribution < -0.4 is 5.73 Å². The average Bonchev–Trinajstić information content (AvgIpc) is 2.19. The molecule has 1 rings (SSSR count). The third-order valence-corrected chi connectivity index (χ3v) is 3.26. The molecular formula is C11H24N2O. The van der Waals surface area contributed by atoms with Gasteiger partial charge in [0.1, 0.15) is 0 Å². The normalized spacial score (nSPS) is 24.9. The van der Waals surface area contributed by atoms with Gasteiger partial charge in [-0.05, 0) is 26.2 Å². The van der Waals surface area contributed by atoms with Crippen molar-refractivity contribution in [3.63, 3.8) is 0 Å². The molecule has 2 N–H and O–H groups in total. The van der Waals surface area contributed by atoms with Crippen molar-refractivity contribution in [2.24, 2.45) is 5.73 Å². The van der Waals surface area contributed by atoms with Gasteiger partial charge in [-0.3, -0.25) is 0 Å². The molecule has 1 aliphatic rings. The molecule has 3 heteroatoms. The molecule has 1 aliphatic heterocycles. The minimum absolute atomic E-state index is 0.0279. The topological polar surface area (TPSA) is 38.5 Å². The van der Waals surface area contributed by atoms with E-state index in [1.807, 2.05) is 0 Å². The van der Waals surface area contributed by atoms with Crippen LogP contribution >= 0.6 is 0 Å². The molecule has 84 valence electrons. The summed E-state index contributed by atoms with van der Waals surface area (Å²) >= 11 is 0. The minimum atomic E-state index is -0.0279. The number of likely N-dealkylation sites (tertiary alicyclic amines) is 1. The van der Waals surface area contributed by atoms with Crippen molar-refractivity contribution >= 4 is 0 Å². The van der Waals surface area contributed by atoms with E-state index in [4.69, 9.17) is 10.5 Å². The lowest BCUT2D eigenvalue weighted by molar-refractivity contribution is 0.0351. The Balaban J connectivity index is 2.28. The first kappa shape index (κ1) is 12.0. The monoisotopic (exact) mass is 200 g/mol. The first-order valence-electron chi connectivity index (χ1n) is 5.61. The van der Waals surface area contributed by atoms with Gasteiger partial charge in [-0.2, -0.15) is 0 Å². The largest absolute Gasteiger partial charge is 0.381 e. The van der Waals surface area contributed by atoms with Crippen molar-refractivity contribution in [1.29, 1.82) is 0 Å². The van der Waals surface area contributed by atoms with Crippen LogP contribution in [0.4, 0.5) is 0 Å². The molecule has 0 radical (unpaired) electrons. The smallest absolute Gasteiger partial charge is 0.0595 e. The Morgan fingerprint density at radius 2 is 2.00 bits per heavy atom. The lowest BCUT2D eigenvalue weighted by Crippen LogP contribution is -2.50. The average molecular weight is 200 g/mol. The van der Waals surface area contributed by atoms with Gasteiger partial charge in [0.05, 0.1) is 6.10 Å². The lowest BCUT2D eigenvalue weighted by Gasteiger charge is -2.36. The van der Waals surface area contributed by atoms with Crippen molar-refractivity contribution in [1.82, 2.24) is 4.90 Å². The molecule has 14 heavy (non-hydrogen) atoms. The zero-order chi connectivity index (χ0) is 10.6. The molecule has 0 bridgehead atoms. The molecule has 1 atom stereocenters. The Morgan fingerprint density at radius 3 is 2.43 bits per heavy atom. The summed E-state index contributed by atoms with van der Waals surface area (Å²) in [5, 5.41) is 0. The summed E-state index contributed by atoms with van der Waals surface area (Å²) < 4.78 is 5.34. The van der Waals surface area contributed by atoms with Crippen LogP contribution in [0.3, 0.4) is 0 Å². The Hall–Kier alpha value is -0.120. The van der Waals surface area contributed by atoms with E-state index in [0.29, 0.717) is 6.10 Å². The van der Waals surface area contributed by atoms with E-state index in [0.717, 1.165) is 38.9 Å². The van der Waals surface area contributed by atoms with Crippen molar-refractivity contribution in [2.75, 3.05) is 26.7 Å². The highest BCUT2D eigenvalue weighted by atomic mass is 16.5. The van der Waals surface area contributed by atoms with E-state index < -0.39 is 0 Å². The molecule has 1 fully saturated rings. The zero-order valence-electron chi connectivity index (χ0n) is 9.75. The Kier molecular flexibility index (Phi) is 4.35. The predicted molar refractivity (Wildman–Crippen MR) is 59.4 cm³/mol. The van der Waals surface area contributed by atoms with E-state index in [-0.39, 0.29) is 5.54 Å². The van der Waals surface area contributed by atoms with Gasteiger partial charge in [0.15, 0.2) is 0 Å². The Labute approximate surface area is 87.6 Å². The number of hydrogen-bond acceptors (Lipinski definition) is 3. The van der Waals surface area contributed by atoms with Gasteiger partial charge in [0.25, 0.3) is 0 Å². The quantitative estimate of drug-likeness (QED) is 0.741. The number of hydrogen-bond donors (Lipinski definition) is 1. The van der Waals surface area contributed by atoms with Gasteiger partial charge < -0.3 is 15.4 Å². The van der Waals surface area contributed by atoms with Crippen molar-refractivity contribution in [3.05, 3.63) is 0 Å². The standard InChI is InChI=1S/C11H24N2O/c1-4-11(2,12)9-13-7-5-10(14-3)6-8-13/h10H,4-9,12H2,1-3H3. The van der Waals surface area contributed by atoms with Crippen LogP contribution in [0, 0.1) is 0 Å². The van der Waals surface area contributed by atoms with Crippen LogP contribution in [-0.4, -0.2) is 43.3 Å². The molecule has 0 aromatic carbocycles. The number of nitrogens with zero attached hydrogens (tertiary/aromatic N) is 1. The van der Waals surface area contributed by atoms with Gasteiger partial charge in [-0.1, -0.05) is 6.92 Å². The summed E-state index contributed by atoms with van der Waals surface area (Å²) in [6, 6.07) is 0. The number of piperidine rings is 1. The third-order valence-electron chi connectivity index (χ3n) is 3.26. The molecular weight excluding hydrogens is 176 g/mol. The maximum Gasteiger partial charge on any atom is 0.0595 e. The van der Waals surface area contributed by atoms with Crippen molar-refractivity contribution in [3.8, 4) is 0 Å². The minimum Gasteiger partial charge on any atom is -0.381 e. The second-order valence-electron chi connectivity index (χ2n) is 4.72. The van der Waals surface area contributed by atoms with Crippen LogP contribution in [-0.2, 0) is 4.74 Å². The number of ether oxygens (including phenoxy) is 1. The van der Waals surface area contributed by atoms with Crippen molar-refractivity contribution < 1.29 is 4.74 Å². The summed E-state index contributed by atoms with van der Waals surface area (Å²) in [5.74, 6) is 0. The second-order valence-corrected chi connectivity index (χ2v) is 4.72. The van der Waals surface area contributed by atoms with E-state index in [1.165, 1.54) is 0 Å². The van der Waals surface area contributed by atoms with Crippen LogP contribution in [0.25, 0.3) is 0 Å².